The van der Waals surface area contributed by atoms with Gasteiger partial charge in [0, 0.05) is 63.6 Å². The van der Waals surface area contributed by atoms with Gasteiger partial charge in [-0.3, -0.25) is 14.7 Å². The quantitative estimate of drug-likeness (QED) is 0.235. The van der Waals surface area contributed by atoms with E-state index in [2.05, 4.69) is 21.4 Å². The van der Waals surface area contributed by atoms with Gasteiger partial charge in [0.05, 0.1) is 29.3 Å². The molecule has 1 atom stereocenters. The van der Waals surface area contributed by atoms with Gasteiger partial charge in [-0.05, 0) is 66.9 Å². The molecule has 0 aliphatic carbocycles. The molecule has 1 aromatic carbocycles. The van der Waals surface area contributed by atoms with Crippen molar-refractivity contribution < 1.29 is 22.7 Å². The SMILES string of the molecule is C=C(C)c1cc2c(Oc3cnc4c(c3)CN(C(=O)Cc3ccc(CN5CCN(C)CC5)c(C(F)(F)F)c3)C[C@@H]4CC)ccnc2[nH]1. The summed E-state index contributed by atoms with van der Waals surface area (Å²) in [5, 5.41) is 0.814. The molecule has 2 aliphatic rings. The summed E-state index contributed by atoms with van der Waals surface area (Å²) in [6, 6.07) is 9.99. The molecule has 1 N–H and O–H groups in total. The maximum Gasteiger partial charge on any atom is 0.416 e. The van der Waals surface area contributed by atoms with E-state index in [9.17, 15) is 18.0 Å². The Balaban J connectivity index is 1.19. The van der Waals surface area contributed by atoms with E-state index in [4.69, 9.17) is 9.72 Å². The number of rotatable bonds is 8. The first-order chi connectivity index (χ1) is 22.0. The highest BCUT2D eigenvalue weighted by Crippen LogP contribution is 2.36. The fraction of sp³-hybridized carbons (Fsp3) is 0.400. The average molecular weight is 633 g/mol. The first-order valence-electron chi connectivity index (χ1n) is 15.7. The standard InChI is InChI=1S/C35H39F3N6O2/c1-5-24-20-44(32(45)15-23-6-7-25(29(14-23)35(36,37)38)19-43-12-10-42(4)11-13-43)21-26-16-27(18-40-33(24)26)46-31-8-9-39-34-28(31)17-30(41-34)22(2)3/h6-9,14,16-18,24H,2,5,10-13,15,19-21H2,1,3-4H3,(H,39,41)/t24-/m0/s1. The largest absolute Gasteiger partial charge is 0.455 e. The van der Waals surface area contributed by atoms with E-state index in [0.717, 1.165) is 66.6 Å². The second kappa shape index (κ2) is 12.9. The number of alkyl halides is 3. The van der Waals surface area contributed by atoms with Crippen LogP contribution in [0.4, 0.5) is 13.2 Å². The Kier molecular flexibility index (Phi) is 8.89. The van der Waals surface area contributed by atoms with Crippen LogP contribution in [-0.4, -0.2) is 75.3 Å². The molecule has 242 valence electrons. The van der Waals surface area contributed by atoms with Gasteiger partial charge in [0.2, 0.25) is 5.91 Å². The van der Waals surface area contributed by atoms with E-state index in [0.29, 0.717) is 35.8 Å². The number of carbonyl (C=O) groups is 1. The zero-order chi connectivity index (χ0) is 32.6. The molecule has 8 nitrogen and oxygen atoms in total. The zero-order valence-electron chi connectivity index (χ0n) is 26.5. The fourth-order valence-corrected chi connectivity index (χ4v) is 6.30. The minimum Gasteiger partial charge on any atom is -0.455 e. The number of hydrogen-bond donors (Lipinski definition) is 1. The molecule has 4 aromatic rings. The molecule has 11 heteroatoms. The van der Waals surface area contributed by atoms with E-state index in [1.165, 1.54) is 6.07 Å². The van der Waals surface area contributed by atoms with Crippen molar-refractivity contribution in [2.75, 3.05) is 39.8 Å². The van der Waals surface area contributed by atoms with Gasteiger partial charge in [-0.1, -0.05) is 25.6 Å². The van der Waals surface area contributed by atoms with Crippen molar-refractivity contribution in [3.05, 3.63) is 89.0 Å². The first-order valence-corrected chi connectivity index (χ1v) is 15.7. The minimum absolute atomic E-state index is 0.00822. The molecule has 0 radical (unpaired) electrons. The highest BCUT2D eigenvalue weighted by Gasteiger charge is 2.35. The van der Waals surface area contributed by atoms with Crippen molar-refractivity contribution in [1.29, 1.82) is 0 Å². The number of aromatic nitrogens is 3. The van der Waals surface area contributed by atoms with E-state index < -0.39 is 11.7 Å². The van der Waals surface area contributed by atoms with Gasteiger partial charge in [0.15, 0.2) is 0 Å². The third-order valence-corrected chi connectivity index (χ3v) is 9.01. The lowest BCUT2D eigenvalue weighted by Gasteiger charge is -2.34. The Morgan fingerprint density at radius 3 is 2.61 bits per heavy atom. The highest BCUT2D eigenvalue weighted by molar-refractivity contribution is 5.86. The number of halogens is 3. The van der Waals surface area contributed by atoms with Crippen LogP contribution in [0.1, 0.15) is 59.8 Å². The van der Waals surface area contributed by atoms with Crippen molar-refractivity contribution >= 4 is 22.5 Å². The number of H-pyrrole nitrogens is 1. The summed E-state index contributed by atoms with van der Waals surface area (Å²) in [6.07, 6.45) is -0.492. The smallest absolute Gasteiger partial charge is 0.416 e. The third-order valence-electron chi connectivity index (χ3n) is 9.01. The van der Waals surface area contributed by atoms with Crippen LogP contribution in [0.3, 0.4) is 0 Å². The summed E-state index contributed by atoms with van der Waals surface area (Å²) in [4.78, 5) is 31.9. The van der Waals surface area contributed by atoms with Crippen LogP contribution in [0, 0.1) is 0 Å². The van der Waals surface area contributed by atoms with Gasteiger partial charge in [-0.2, -0.15) is 13.2 Å². The van der Waals surface area contributed by atoms with E-state index >= 15 is 0 Å². The van der Waals surface area contributed by atoms with Gasteiger partial charge in [0.1, 0.15) is 17.1 Å². The number of carbonyl (C=O) groups excluding carboxylic acids is 1. The number of ether oxygens (including phenoxy) is 1. The third kappa shape index (κ3) is 6.80. The van der Waals surface area contributed by atoms with Gasteiger partial charge >= 0.3 is 6.18 Å². The zero-order valence-corrected chi connectivity index (χ0v) is 26.5. The number of likely N-dealkylation sites (N-methyl/N-ethyl adjacent to an activating group) is 1. The lowest BCUT2D eigenvalue weighted by Crippen LogP contribution is -2.44. The Labute approximate surface area is 266 Å². The molecule has 0 spiro atoms. The van der Waals surface area contributed by atoms with Gasteiger partial charge in [-0.15, -0.1) is 0 Å². The number of pyridine rings is 2. The van der Waals surface area contributed by atoms with Crippen molar-refractivity contribution in [3.8, 4) is 11.5 Å². The molecule has 3 aromatic heterocycles. The number of aromatic amines is 1. The predicted octanol–water partition coefficient (Wildman–Crippen LogP) is 6.63. The lowest BCUT2D eigenvalue weighted by atomic mass is 9.92. The number of allylic oxidation sites excluding steroid dienone is 1. The van der Waals surface area contributed by atoms with E-state index in [-0.39, 0.29) is 30.4 Å². The van der Waals surface area contributed by atoms with Crippen LogP contribution >= 0.6 is 0 Å². The van der Waals surface area contributed by atoms with Crippen LogP contribution in [0.5, 0.6) is 11.5 Å². The number of amides is 1. The summed E-state index contributed by atoms with van der Waals surface area (Å²) < 4.78 is 48.8. The average Bonchev–Trinajstić information content (AvgIpc) is 3.48. The monoisotopic (exact) mass is 632 g/mol. The van der Waals surface area contributed by atoms with Crippen molar-refractivity contribution in [2.45, 2.75) is 51.9 Å². The normalized spacial score (nSPS) is 17.7. The predicted molar refractivity (Wildman–Crippen MR) is 171 cm³/mol. The van der Waals surface area contributed by atoms with Crippen molar-refractivity contribution in [2.24, 2.45) is 0 Å². The molecule has 0 unspecified atom stereocenters. The van der Waals surface area contributed by atoms with E-state index in [1.807, 2.05) is 37.9 Å². The molecular formula is C35H39F3N6O2. The number of fused-ring (bicyclic) bond motifs is 2. The Morgan fingerprint density at radius 2 is 1.89 bits per heavy atom. The van der Waals surface area contributed by atoms with Gasteiger partial charge < -0.3 is 19.5 Å². The molecule has 6 rings (SSSR count). The van der Waals surface area contributed by atoms with Crippen LogP contribution in [0.25, 0.3) is 16.6 Å². The molecule has 46 heavy (non-hydrogen) atoms. The Hall–Kier alpha value is -4.22. The summed E-state index contributed by atoms with van der Waals surface area (Å²) >= 11 is 0. The van der Waals surface area contributed by atoms with Crippen LogP contribution < -0.4 is 4.74 Å². The van der Waals surface area contributed by atoms with Gasteiger partial charge in [-0.25, -0.2) is 4.98 Å². The summed E-state index contributed by atoms with van der Waals surface area (Å²) in [5.74, 6) is 0.932. The number of piperazine rings is 1. The molecule has 1 fully saturated rings. The highest BCUT2D eigenvalue weighted by atomic mass is 19.4. The molecule has 0 saturated carbocycles. The topological polar surface area (TPSA) is 77.6 Å². The maximum atomic E-state index is 14.2. The molecule has 0 bridgehead atoms. The minimum atomic E-state index is -4.51. The second-order valence-corrected chi connectivity index (χ2v) is 12.5. The summed E-state index contributed by atoms with van der Waals surface area (Å²) in [6.45, 7) is 12.0. The number of hydrogen-bond acceptors (Lipinski definition) is 6. The van der Waals surface area contributed by atoms with E-state index in [1.54, 1.807) is 29.4 Å². The summed E-state index contributed by atoms with van der Waals surface area (Å²) in [5.41, 5.74) is 4.15. The van der Waals surface area contributed by atoms with Crippen molar-refractivity contribution in [1.82, 2.24) is 29.7 Å². The maximum absolute atomic E-state index is 14.2. The molecular weight excluding hydrogens is 593 g/mol. The molecule has 1 amide bonds. The number of benzene rings is 1. The Morgan fingerprint density at radius 1 is 1.11 bits per heavy atom. The Bertz CT molecular complexity index is 1760. The molecule has 5 heterocycles. The number of nitrogens with zero attached hydrogens (tertiary/aromatic N) is 5. The number of nitrogens with one attached hydrogen (secondary N) is 1. The lowest BCUT2D eigenvalue weighted by molar-refractivity contribution is -0.138. The molecule has 1 saturated heterocycles. The van der Waals surface area contributed by atoms with Crippen LogP contribution in [0.15, 0.2) is 55.4 Å². The van der Waals surface area contributed by atoms with Crippen LogP contribution in [-0.2, 0) is 30.5 Å². The fourth-order valence-electron chi connectivity index (χ4n) is 6.30. The van der Waals surface area contributed by atoms with Crippen molar-refractivity contribution in [3.63, 3.8) is 0 Å². The van der Waals surface area contributed by atoms with Gasteiger partial charge in [0.25, 0.3) is 0 Å². The summed E-state index contributed by atoms with van der Waals surface area (Å²) in [7, 11) is 2.01. The molecule has 2 aliphatic heterocycles. The second-order valence-electron chi connectivity index (χ2n) is 12.5. The van der Waals surface area contributed by atoms with Crippen LogP contribution in [0.2, 0.25) is 0 Å². The first kappa shape index (κ1) is 31.7.